The minimum atomic E-state index is -4.68. The zero-order valence-electron chi connectivity index (χ0n) is 15.4. The van der Waals surface area contributed by atoms with Crippen molar-refractivity contribution in [3.05, 3.63) is 35.7 Å². The highest BCUT2D eigenvalue weighted by Crippen LogP contribution is 2.34. The summed E-state index contributed by atoms with van der Waals surface area (Å²) in [6, 6.07) is 6.92. The van der Waals surface area contributed by atoms with Gasteiger partial charge in [0.2, 0.25) is 5.82 Å². The standard InChI is InChI=1S/C19H21F3N4O2/c1-11-3-2-8-26(11)10-14-9-15(14)23-17(27)13-6-4-12(5-7-13)16-24-18(28-25-16)19(20,21)22/h4-7,11,14-15H,2-3,8-10H2,1H3,(H,23,27)/t11-,14?,15?/m0/s1. The number of carbonyl (C=O) groups excluding carboxylic acids is 1. The van der Waals surface area contributed by atoms with Gasteiger partial charge in [-0.2, -0.15) is 18.2 Å². The Morgan fingerprint density at radius 2 is 2.07 bits per heavy atom. The first-order chi connectivity index (χ1) is 13.3. The summed E-state index contributed by atoms with van der Waals surface area (Å²) >= 11 is 0. The van der Waals surface area contributed by atoms with Crippen molar-refractivity contribution < 1.29 is 22.5 Å². The Labute approximate surface area is 160 Å². The molecule has 1 N–H and O–H groups in total. The molecule has 2 fully saturated rings. The number of nitrogens with one attached hydrogen (secondary N) is 1. The minimum absolute atomic E-state index is 0.165. The van der Waals surface area contributed by atoms with Gasteiger partial charge in [-0.05, 0) is 50.8 Å². The Kier molecular flexibility index (Phi) is 4.86. The Bertz CT molecular complexity index is 850. The number of benzene rings is 1. The molecule has 0 bridgehead atoms. The Hall–Kier alpha value is -2.42. The molecule has 2 aliphatic rings. The summed E-state index contributed by atoms with van der Waals surface area (Å²) in [6.45, 7) is 4.39. The van der Waals surface area contributed by atoms with E-state index in [9.17, 15) is 18.0 Å². The lowest BCUT2D eigenvalue weighted by Crippen LogP contribution is -2.32. The molecule has 1 aliphatic carbocycles. The van der Waals surface area contributed by atoms with Crippen molar-refractivity contribution in [1.82, 2.24) is 20.4 Å². The average molecular weight is 394 g/mol. The number of likely N-dealkylation sites (tertiary alicyclic amines) is 1. The van der Waals surface area contributed by atoms with Gasteiger partial charge in [0, 0.05) is 29.8 Å². The van der Waals surface area contributed by atoms with Crippen LogP contribution in [0.3, 0.4) is 0 Å². The van der Waals surface area contributed by atoms with Gasteiger partial charge in [0.05, 0.1) is 0 Å². The lowest BCUT2D eigenvalue weighted by atomic mass is 10.1. The van der Waals surface area contributed by atoms with Crippen LogP contribution in [0.1, 0.15) is 42.4 Å². The third-order valence-electron chi connectivity index (χ3n) is 5.47. The fourth-order valence-corrected chi connectivity index (χ4v) is 3.67. The monoisotopic (exact) mass is 394 g/mol. The van der Waals surface area contributed by atoms with E-state index in [2.05, 4.69) is 31.8 Å². The van der Waals surface area contributed by atoms with Crippen LogP contribution in [0.25, 0.3) is 11.4 Å². The van der Waals surface area contributed by atoms with Gasteiger partial charge in [0.25, 0.3) is 5.91 Å². The molecule has 28 heavy (non-hydrogen) atoms. The van der Waals surface area contributed by atoms with Crippen LogP contribution in [0, 0.1) is 5.92 Å². The Morgan fingerprint density at radius 1 is 1.32 bits per heavy atom. The topological polar surface area (TPSA) is 71.3 Å². The summed E-state index contributed by atoms with van der Waals surface area (Å²) in [5.41, 5.74) is 0.798. The molecule has 1 aromatic carbocycles. The first-order valence-corrected chi connectivity index (χ1v) is 9.37. The summed E-state index contributed by atoms with van der Waals surface area (Å²) in [5, 5.41) is 6.37. The SMILES string of the molecule is C[C@H]1CCCN1CC1CC1NC(=O)c1ccc(-c2noc(C(F)(F)F)n2)cc1. The van der Waals surface area contributed by atoms with Crippen molar-refractivity contribution >= 4 is 5.91 Å². The van der Waals surface area contributed by atoms with E-state index in [0.717, 1.165) is 19.5 Å². The number of amides is 1. The number of hydrogen-bond donors (Lipinski definition) is 1. The molecule has 2 unspecified atom stereocenters. The van der Waals surface area contributed by atoms with Crippen LogP contribution in [0.15, 0.2) is 28.8 Å². The van der Waals surface area contributed by atoms with Gasteiger partial charge in [-0.3, -0.25) is 4.79 Å². The van der Waals surface area contributed by atoms with Gasteiger partial charge in [0.1, 0.15) is 0 Å². The van der Waals surface area contributed by atoms with Gasteiger partial charge in [-0.25, -0.2) is 0 Å². The lowest BCUT2D eigenvalue weighted by Gasteiger charge is -2.20. The number of rotatable bonds is 5. The molecule has 0 radical (unpaired) electrons. The maximum atomic E-state index is 12.5. The normalized spacial score (nSPS) is 25.1. The highest BCUT2D eigenvalue weighted by molar-refractivity contribution is 5.95. The molecule has 2 aromatic rings. The minimum Gasteiger partial charge on any atom is -0.349 e. The Morgan fingerprint density at radius 3 is 2.68 bits per heavy atom. The van der Waals surface area contributed by atoms with Gasteiger partial charge < -0.3 is 14.7 Å². The molecule has 6 nitrogen and oxygen atoms in total. The molecule has 1 aliphatic heterocycles. The van der Waals surface area contributed by atoms with Crippen molar-refractivity contribution in [3.63, 3.8) is 0 Å². The lowest BCUT2D eigenvalue weighted by molar-refractivity contribution is -0.159. The molecule has 9 heteroatoms. The van der Waals surface area contributed by atoms with E-state index in [1.165, 1.54) is 25.0 Å². The molecule has 0 spiro atoms. The first-order valence-electron chi connectivity index (χ1n) is 9.37. The van der Waals surface area contributed by atoms with Crippen LogP contribution >= 0.6 is 0 Å². The predicted molar refractivity (Wildman–Crippen MR) is 94.4 cm³/mol. The summed E-state index contributed by atoms with van der Waals surface area (Å²) < 4.78 is 41.9. The summed E-state index contributed by atoms with van der Waals surface area (Å²) in [6.07, 6.45) is -1.22. The summed E-state index contributed by atoms with van der Waals surface area (Å²) in [4.78, 5) is 18.2. The van der Waals surface area contributed by atoms with Crippen molar-refractivity contribution in [1.29, 1.82) is 0 Å². The number of nitrogens with zero attached hydrogens (tertiary/aromatic N) is 3. The van der Waals surface area contributed by atoms with Crippen LogP contribution in [0.5, 0.6) is 0 Å². The average Bonchev–Trinajstić information content (AvgIpc) is 3.03. The predicted octanol–water partition coefficient (Wildman–Crippen LogP) is 3.36. The number of aromatic nitrogens is 2. The van der Waals surface area contributed by atoms with E-state index >= 15 is 0 Å². The molecular weight excluding hydrogens is 373 g/mol. The maximum Gasteiger partial charge on any atom is 0.471 e. The summed E-state index contributed by atoms with van der Waals surface area (Å²) in [7, 11) is 0. The van der Waals surface area contributed by atoms with Crippen LogP contribution < -0.4 is 5.32 Å². The van der Waals surface area contributed by atoms with Crippen molar-refractivity contribution in [2.45, 2.75) is 44.4 Å². The van der Waals surface area contributed by atoms with E-state index in [1.807, 2.05) is 0 Å². The molecule has 2 heterocycles. The fraction of sp³-hybridized carbons (Fsp3) is 0.526. The van der Waals surface area contributed by atoms with Crippen molar-refractivity contribution in [2.24, 2.45) is 5.92 Å². The van der Waals surface area contributed by atoms with Crippen molar-refractivity contribution in [3.8, 4) is 11.4 Å². The molecule has 4 rings (SSSR count). The highest BCUT2D eigenvalue weighted by atomic mass is 19.4. The molecular formula is C19H21F3N4O2. The second-order valence-electron chi connectivity index (χ2n) is 7.56. The smallest absolute Gasteiger partial charge is 0.349 e. The molecule has 1 saturated carbocycles. The second-order valence-corrected chi connectivity index (χ2v) is 7.56. The second kappa shape index (κ2) is 7.20. The number of carbonyl (C=O) groups is 1. The number of alkyl halides is 3. The van der Waals surface area contributed by atoms with Gasteiger partial charge >= 0.3 is 12.1 Å². The van der Waals surface area contributed by atoms with Gasteiger partial charge in [-0.15, -0.1) is 0 Å². The van der Waals surface area contributed by atoms with E-state index in [0.29, 0.717) is 23.1 Å². The highest BCUT2D eigenvalue weighted by Gasteiger charge is 2.41. The van der Waals surface area contributed by atoms with Crippen LogP contribution in [-0.4, -0.2) is 46.1 Å². The maximum absolute atomic E-state index is 12.5. The van der Waals surface area contributed by atoms with Gasteiger partial charge in [0.15, 0.2) is 0 Å². The van der Waals surface area contributed by atoms with Crippen LogP contribution in [0.4, 0.5) is 13.2 Å². The Balaban J connectivity index is 1.33. The van der Waals surface area contributed by atoms with E-state index in [4.69, 9.17) is 0 Å². The van der Waals surface area contributed by atoms with E-state index < -0.39 is 12.1 Å². The van der Waals surface area contributed by atoms with Crippen molar-refractivity contribution in [2.75, 3.05) is 13.1 Å². The summed E-state index contributed by atoms with van der Waals surface area (Å²) in [5.74, 6) is -1.25. The molecule has 3 atom stereocenters. The van der Waals surface area contributed by atoms with Crippen LogP contribution in [-0.2, 0) is 6.18 Å². The zero-order valence-corrected chi connectivity index (χ0v) is 15.4. The third-order valence-corrected chi connectivity index (χ3v) is 5.47. The fourth-order valence-electron chi connectivity index (χ4n) is 3.67. The number of halogens is 3. The largest absolute Gasteiger partial charge is 0.471 e. The number of hydrogen-bond acceptors (Lipinski definition) is 5. The quantitative estimate of drug-likeness (QED) is 0.842. The van der Waals surface area contributed by atoms with E-state index in [-0.39, 0.29) is 17.8 Å². The molecule has 150 valence electrons. The third kappa shape index (κ3) is 4.04. The van der Waals surface area contributed by atoms with E-state index in [1.54, 1.807) is 12.1 Å². The molecule has 1 aromatic heterocycles. The van der Waals surface area contributed by atoms with Crippen LogP contribution in [0.2, 0.25) is 0 Å². The first kappa shape index (κ1) is 18.9. The zero-order chi connectivity index (χ0) is 19.9. The molecule has 1 saturated heterocycles. The van der Waals surface area contributed by atoms with Gasteiger partial charge in [-0.1, -0.05) is 17.3 Å². The molecule has 1 amide bonds.